The Morgan fingerprint density at radius 2 is 1.05 bits per heavy atom. The van der Waals surface area contributed by atoms with Gasteiger partial charge in [0.05, 0.1) is 61.8 Å². The Kier molecular flexibility index (Phi) is 12.4. The fourth-order valence-electron chi connectivity index (χ4n) is 8.64. The molecule has 3 amide bonds. The number of H-pyrrole nitrogens is 2. The molecule has 0 radical (unpaired) electrons. The number of aromatic nitrogens is 6. The first-order chi connectivity index (χ1) is 36.2. The summed E-state index contributed by atoms with van der Waals surface area (Å²) in [6, 6.07) is 27.0. The highest BCUT2D eigenvalue weighted by Crippen LogP contribution is 2.44. The van der Waals surface area contributed by atoms with Crippen LogP contribution in [0.5, 0.6) is 0 Å². The number of carboxylic acids is 1. The van der Waals surface area contributed by atoms with Crippen LogP contribution < -0.4 is 16.4 Å². The van der Waals surface area contributed by atoms with E-state index in [1.807, 2.05) is 0 Å². The molecule has 7 N–H and O–H groups in total. The first-order valence-electron chi connectivity index (χ1n) is 22.3. The number of aromatic carboxylic acids is 1. The molecule has 0 spiro atoms. The molecule has 0 bridgehead atoms. The summed E-state index contributed by atoms with van der Waals surface area (Å²) in [5, 5.41) is 15.0. The molecular weight excluding hydrogens is 1010 g/mol. The third-order valence-corrected chi connectivity index (χ3v) is 12.1. The number of alkyl halides is 6. The highest BCUT2D eigenvalue weighted by molar-refractivity contribution is 6.17. The van der Waals surface area contributed by atoms with Gasteiger partial charge in [-0.25, -0.2) is 33.5 Å². The molecule has 0 fully saturated rings. The number of rotatable bonds is 11. The van der Waals surface area contributed by atoms with Crippen molar-refractivity contribution in [1.29, 1.82) is 0 Å². The van der Waals surface area contributed by atoms with Crippen molar-refractivity contribution in [3.05, 3.63) is 191 Å². The zero-order chi connectivity index (χ0) is 53.8. The Hall–Kier alpha value is -10.1. The molecule has 0 aliphatic rings. The fourth-order valence-corrected chi connectivity index (χ4v) is 8.64. The quantitative estimate of drug-likeness (QED) is 0.0677. The van der Waals surface area contributed by atoms with Crippen molar-refractivity contribution in [2.75, 3.05) is 10.6 Å². The fraction of sp³-hybridized carbons (Fsp3) is 0.0370. The van der Waals surface area contributed by atoms with E-state index in [0.29, 0.717) is 28.8 Å². The summed E-state index contributed by atoms with van der Waals surface area (Å²) in [4.78, 5) is 75.8. The maximum absolute atomic E-state index is 16.0. The van der Waals surface area contributed by atoms with Gasteiger partial charge in [-0.3, -0.25) is 14.4 Å². The van der Waals surface area contributed by atoms with Crippen molar-refractivity contribution in [2.24, 2.45) is 5.73 Å². The highest BCUT2D eigenvalue weighted by atomic mass is 19.4. The number of fused-ring (bicyclic) bond motifs is 2. The molecule has 6 aromatic carbocycles. The normalized spacial score (nSPS) is 11.7. The molecular formula is C54H31F8N9O5. The van der Waals surface area contributed by atoms with Gasteiger partial charge in [0.25, 0.3) is 11.8 Å². The molecule has 0 aliphatic heterocycles. The van der Waals surface area contributed by atoms with Gasteiger partial charge in [0.15, 0.2) is 11.6 Å². The van der Waals surface area contributed by atoms with Gasteiger partial charge in [-0.2, -0.15) is 26.3 Å². The number of aromatic amines is 2. The van der Waals surface area contributed by atoms with E-state index in [4.69, 9.17) is 5.73 Å². The number of nitrogens with zero attached hydrogens (tertiary/aromatic N) is 4. The summed E-state index contributed by atoms with van der Waals surface area (Å²) in [6.45, 7) is 0. The molecule has 4 aromatic heterocycles. The molecule has 0 saturated heterocycles. The van der Waals surface area contributed by atoms with Crippen molar-refractivity contribution >= 4 is 56.9 Å². The van der Waals surface area contributed by atoms with Crippen LogP contribution in [-0.4, -0.2) is 58.7 Å². The summed E-state index contributed by atoms with van der Waals surface area (Å²) < 4.78 is 119. The van der Waals surface area contributed by atoms with Crippen LogP contribution in [0.3, 0.4) is 0 Å². The predicted molar refractivity (Wildman–Crippen MR) is 263 cm³/mol. The Bertz CT molecular complexity index is 4000. The Labute approximate surface area is 421 Å². The van der Waals surface area contributed by atoms with E-state index < -0.39 is 92.7 Å². The zero-order valence-electron chi connectivity index (χ0n) is 38.3. The number of amides is 3. The lowest BCUT2D eigenvalue weighted by Crippen LogP contribution is -2.17. The molecule has 10 rings (SSSR count). The summed E-state index contributed by atoms with van der Waals surface area (Å²) in [6.07, 6.45) is -7.02. The van der Waals surface area contributed by atoms with Gasteiger partial charge in [-0.15, -0.1) is 0 Å². The number of nitrogens with two attached hydrogens (primary N) is 1. The second-order valence-corrected chi connectivity index (χ2v) is 16.9. The monoisotopic (exact) mass is 1040 g/mol. The number of carbonyl (C=O) groups excluding carboxylic acids is 3. The molecule has 14 nitrogen and oxygen atoms in total. The largest absolute Gasteiger partial charge is 0.478 e. The van der Waals surface area contributed by atoms with Crippen LogP contribution in [0, 0.1) is 11.6 Å². The van der Waals surface area contributed by atoms with E-state index in [1.165, 1.54) is 42.5 Å². The van der Waals surface area contributed by atoms with Crippen LogP contribution in [0.1, 0.15) is 52.6 Å². The average Bonchev–Trinajstić information content (AvgIpc) is 3.98. The lowest BCUT2D eigenvalue weighted by Gasteiger charge is -2.16. The van der Waals surface area contributed by atoms with Gasteiger partial charge in [0.1, 0.15) is 11.6 Å². The van der Waals surface area contributed by atoms with Crippen LogP contribution in [0.25, 0.3) is 78.4 Å². The predicted octanol–water partition coefficient (Wildman–Crippen LogP) is 12.2. The van der Waals surface area contributed by atoms with Crippen LogP contribution in [0.15, 0.2) is 146 Å². The van der Waals surface area contributed by atoms with Crippen molar-refractivity contribution in [3.63, 3.8) is 0 Å². The standard InChI is InChI=1S/C54H31F8N9O5/c55-38-23-36(53(57,58)59)29(48-64-15-7-16-65-48)21-31(38)51(74)71-46-35-20-28(47(63)72)19-33(44(35)69-43(46)26-10-5-2-6-11-26)41-14-17-66-49(68-41)30-22-32(39(56)24-37(30)54(60,61)62)50(73)70-45-34-18-27(52(75)76)12-13-40(34)67-42(45)25-8-3-1-4-9-25/h1-24,67,69H,(H2,63,72)(H,70,73)(H,71,74)(H,75,76). The molecule has 10 aromatic rings. The second-order valence-electron chi connectivity index (χ2n) is 16.9. The van der Waals surface area contributed by atoms with Gasteiger partial charge < -0.3 is 31.4 Å². The molecule has 76 heavy (non-hydrogen) atoms. The molecule has 0 atom stereocenters. The van der Waals surface area contributed by atoms with Gasteiger partial charge in [-0.05, 0) is 66.7 Å². The van der Waals surface area contributed by atoms with E-state index in [1.54, 1.807) is 60.7 Å². The van der Waals surface area contributed by atoms with Gasteiger partial charge in [0.2, 0.25) is 5.91 Å². The minimum atomic E-state index is -5.27. The number of halogens is 8. The summed E-state index contributed by atoms with van der Waals surface area (Å²) in [5.74, 6) is -9.18. The maximum atomic E-state index is 16.0. The molecule has 4 heterocycles. The van der Waals surface area contributed by atoms with Crippen LogP contribution in [0.2, 0.25) is 0 Å². The second kappa shape index (κ2) is 19.1. The summed E-state index contributed by atoms with van der Waals surface area (Å²) in [5.41, 5.74) is 0.204. The third kappa shape index (κ3) is 9.29. The van der Waals surface area contributed by atoms with Gasteiger partial charge >= 0.3 is 18.3 Å². The van der Waals surface area contributed by atoms with E-state index >= 15 is 8.78 Å². The first-order valence-corrected chi connectivity index (χ1v) is 22.3. The SMILES string of the molecule is NC(=O)c1cc(-c2ccnc(-c3cc(C(=O)Nc4c(-c5ccccc5)[nH]c5ccc(C(=O)O)cc45)c(F)cc3C(F)(F)F)n2)c2[nH]c(-c3ccccc3)c(NC(=O)c3cc(-c4ncccn4)c(C(F)(F)F)cc3F)c2c1. The van der Waals surface area contributed by atoms with Gasteiger partial charge in [-0.1, -0.05) is 60.7 Å². The van der Waals surface area contributed by atoms with Gasteiger partial charge in [0, 0.05) is 68.3 Å². The molecule has 0 saturated carbocycles. The topological polar surface area (TPSA) is 222 Å². The minimum Gasteiger partial charge on any atom is -0.478 e. The highest BCUT2D eigenvalue weighted by Gasteiger charge is 2.38. The summed E-state index contributed by atoms with van der Waals surface area (Å²) in [7, 11) is 0. The molecule has 0 unspecified atom stereocenters. The number of carbonyl (C=O) groups is 4. The summed E-state index contributed by atoms with van der Waals surface area (Å²) >= 11 is 0. The number of hydrogen-bond acceptors (Lipinski definition) is 8. The molecule has 22 heteroatoms. The number of carboxylic acid groups (broad SMARTS) is 1. The minimum absolute atomic E-state index is 0.0147. The Balaban J connectivity index is 1.10. The number of hydrogen-bond donors (Lipinski definition) is 6. The lowest BCUT2D eigenvalue weighted by atomic mass is 9.99. The van der Waals surface area contributed by atoms with E-state index in [0.717, 1.165) is 18.6 Å². The van der Waals surface area contributed by atoms with Crippen molar-refractivity contribution in [3.8, 4) is 56.5 Å². The number of primary amides is 1. The number of nitrogens with one attached hydrogen (secondary N) is 4. The van der Waals surface area contributed by atoms with E-state index in [-0.39, 0.29) is 73.6 Å². The van der Waals surface area contributed by atoms with Crippen LogP contribution in [-0.2, 0) is 12.4 Å². The number of benzene rings is 6. The number of anilines is 2. The maximum Gasteiger partial charge on any atom is 0.417 e. The zero-order valence-corrected chi connectivity index (χ0v) is 38.3. The molecule has 378 valence electrons. The van der Waals surface area contributed by atoms with E-state index in [9.17, 15) is 50.6 Å². The van der Waals surface area contributed by atoms with Crippen molar-refractivity contribution < 1.29 is 59.4 Å². The smallest absolute Gasteiger partial charge is 0.417 e. The first kappa shape index (κ1) is 49.5. The average molecular weight is 1040 g/mol. The van der Waals surface area contributed by atoms with Crippen molar-refractivity contribution in [1.82, 2.24) is 29.9 Å². The lowest BCUT2D eigenvalue weighted by molar-refractivity contribution is -0.138. The Morgan fingerprint density at radius 1 is 0.539 bits per heavy atom. The Morgan fingerprint density at radius 3 is 1.59 bits per heavy atom. The third-order valence-electron chi connectivity index (χ3n) is 12.1. The van der Waals surface area contributed by atoms with Crippen LogP contribution >= 0.6 is 0 Å². The van der Waals surface area contributed by atoms with Crippen molar-refractivity contribution in [2.45, 2.75) is 12.4 Å². The van der Waals surface area contributed by atoms with E-state index in [2.05, 4.69) is 40.5 Å². The molecule has 0 aliphatic carbocycles. The van der Waals surface area contributed by atoms with Crippen LogP contribution in [0.4, 0.5) is 46.5 Å².